The van der Waals surface area contributed by atoms with E-state index in [1.807, 2.05) is 30.0 Å². The lowest BCUT2D eigenvalue weighted by Gasteiger charge is -2.32. The summed E-state index contributed by atoms with van der Waals surface area (Å²) in [5.74, 6) is -7.91. The van der Waals surface area contributed by atoms with Crippen LogP contribution in [0.5, 0.6) is 0 Å². The maximum absolute atomic E-state index is 14.4. The topological polar surface area (TPSA) is 447 Å². The summed E-state index contributed by atoms with van der Waals surface area (Å²) in [5, 5.41) is 51.5. The number of carbonyl (C=O) groups is 13. The van der Waals surface area contributed by atoms with Gasteiger partial charge in [-0.1, -0.05) is 68.8 Å². The molecule has 13 N–H and O–H groups in total. The molecule has 10 amide bonds. The SMILES string of the molecule is CCCCNC(=O)N=CC(CSCc1cc(CSCCNC(=O)CN2CCN(CC(=O)O)CCN(CC(=O)O)CCN(CC(=O)O)CC2)cc(CSCCC(=O)O)c1)C(=O)N(C)CC(=O)N1CCC[C@H]1C(=O)N[C@@H](CC)C(=O)N[C@@H](CCC(N)=O)C(=O)N[C@@H](Cc1ccccc1)C(N)=O. The van der Waals surface area contributed by atoms with E-state index in [1.165, 1.54) is 46.6 Å². The Balaban J connectivity index is 1.41. The first-order valence-corrected chi connectivity index (χ1v) is 36.5. The number of hydrogen-bond donors (Lipinski definition) is 11. The van der Waals surface area contributed by atoms with Crippen LogP contribution in [0.25, 0.3) is 0 Å². The predicted octanol–water partition coefficient (Wildman–Crippen LogP) is -0.0435. The average molecular weight is 1440 g/mol. The first-order chi connectivity index (χ1) is 47.2. The van der Waals surface area contributed by atoms with Crippen molar-refractivity contribution < 1.29 is 82.8 Å². The Kier molecular flexibility index (Phi) is 38.6. The molecule has 0 aromatic heterocycles. The number of nitrogens with two attached hydrogens (primary N) is 2. The number of nitrogens with one attached hydrogen (secondary N) is 5. The van der Waals surface area contributed by atoms with Crippen molar-refractivity contribution in [3.05, 3.63) is 70.8 Å². The first kappa shape index (κ1) is 83.5. The zero-order valence-electron chi connectivity index (χ0n) is 56.6. The third-order valence-electron chi connectivity index (χ3n) is 16.0. The van der Waals surface area contributed by atoms with Gasteiger partial charge >= 0.3 is 29.9 Å². The van der Waals surface area contributed by atoms with E-state index in [2.05, 4.69) is 31.6 Å². The fourth-order valence-corrected chi connectivity index (χ4v) is 13.4. The van der Waals surface area contributed by atoms with E-state index in [0.29, 0.717) is 60.3 Å². The van der Waals surface area contributed by atoms with Crippen molar-refractivity contribution in [3.63, 3.8) is 0 Å². The maximum atomic E-state index is 14.4. The highest BCUT2D eigenvalue weighted by atomic mass is 32.2. The summed E-state index contributed by atoms with van der Waals surface area (Å²) >= 11 is 4.40. The van der Waals surface area contributed by atoms with E-state index in [1.54, 1.807) is 63.7 Å². The van der Waals surface area contributed by atoms with Crippen molar-refractivity contribution >= 4 is 119 Å². The van der Waals surface area contributed by atoms with Crippen LogP contribution in [-0.4, -0.2) is 286 Å². The molecule has 0 spiro atoms. The second-order valence-corrected chi connectivity index (χ2v) is 27.4. The number of rotatable bonds is 42. The van der Waals surface area contributed by atoms with Crippen LogP contribution in [0.2, 0.25) is 0 Å². The van der Waals surface area contributed by atoms with Crippen molar-refractivity contribution in [2.45, 2.75) is 113 Å². The van der Waals surface area contributed by atoms with Gasteiger partial charge < -0.3 is 68.3 Å². The minimum atomic E-state index is -1.36. The number of carbonyl (C=O) groups excluding carboxylic acids is 9. The molecule has 0 aliphatic carbocycles. The molecule has 2 fully saturated rings. The molecule has 31 nitrogen and oxygen atoms in total. The van der Waals surface area contributed by atoms with E-state index in [9.17, 15) is 82.8 Å². The number of aliphatic imine (C=N–C) groups is 1. The second kappa shape index (κ2) is 45.7. The van der Waals surface area contributed by atoms with Crippen LogP contribution in [0.15, 0.2) is 53.5 Å². The number of primary amides is 2. The summed E-state index contributed by atoms with van der Waals surface area (Å²) in [7, 11) is 1.43. The largest absolute Gasteiger partial charge is 0.481 e. The second-order valence-electron chi connectivity index (χ2n) is 24.2. The normalized spacial score (nSPS) is 16.4. The molecule has 5 atom stereocenters. The molecule has 2 aliphatic heterocycles. The van der Waals surface area contributed by atoms with Gasteiger partial charge in [0.1, 0.15) is 24.2 Å². The average Bonchev–Trinajstić information content (AvgIpc) is 1.79. The van der Waals surface area contributed by atoms with Gasteiger partial charge in [0.25, 0.3) is 0 Å². The number of hydrogen-bond acceptors (Lipinski definition) is 20. The zero-order chi connectivity index (χ0) is 72.8. The molecule has 548 valence electrons. The molecule has 34 heteroatoms. The number of carboxylic acid groups (broad SMARTS) is 4. The minimum absolute atomic E-state index is 0.0261. The number of aliphatic carboxylic acids is 4. The number of thioether (sulfide) groups is 3. The Bertz CT molecular complexity index is 3030. The summed E-state index contributed by atoms with van der Waals surface area (Å²) in [6.07, 6.45) is 2.95. The van der Waals surface area contributed by atoms with Crippen molar-refractivity contribution in [1.29, 1.82) is 0 Å². The van der Waals surface area contributed by atoms with Crippen LogP contribution >= 0.6 is 35.3 Å². The monoisotopic (exact) mass is 1440 g/mol. The lowest BCUT2D eigenvalue weighted by Crippen LogP contribution is -2.58. The van der Waals surface area contributed by atoms with Crippen LogP contribution < -0.4 is 38.1 Å². The smallest absolute Gasteiger partial charge is 0.340 e. The van der Waals surface area contributed by atoms with E-state index in [-0.39, 0.29) is 135 Å². The van der Waals surface area contributed by atoms with Gasteiger partial charge in [-0.25, -0.2) is 9.79 Å². The standard InChI is InChI=1S/C65H98N14O17S3/c1-4-6-17-69-65(96)70-34-48(64(95)74(3)36-55(82)79-19-10-13-52(79)63(94)71-49(5-2)61(92)72-50(14-15-53(66)80)62(93)73-51(60(67)91)33-44-11-8-7-9-12-44)43-99-42-47-31-45(40-97-28-16-56(83)84)30-46(32-47)41-98-29-18-68-54(81)35-75-20-22-76(37-57(85)86)24-26-78(39-59(89)90)27-25-77(23-21-75)38-58(87)88/h7-9,11-12,30-32,34,48-52H,4-6,10,13-29,33,35-43H2,1-3H3,(H2,66,80)(H2,67,91)(H,68,81)(H,69,96)(H,71,94)(H,72,92)(H,73,93)(H,83,84)(H,85,86)(H,87,88)(H,89,90)/t48?,49-,50-,51-,52-/m0/s1. The fourth-order valence-electron chi connectivity index (χ4n) is 10.8. The van der Waals surface area contributed by atoms with Gasteiger partial charge in [0.15, 0.2) is 0 Å². The Morgan fingerprint density at radius 2 is 1.14 bits per heavy atom. The maximum Gasteiger partial charge on any atom is 0.340 e. The number of benzene rings is 2. The number of amides is 10. The zero-order valence-corrected chi connectivity index (χ0v) is 59.1. The quantitative estimate of drug-likeness (QED) is 0.0307. The van der Waals surface area contributed by atoms with Gasteiger partial charge in [0, 0.05) is 133 Å². The number of urea groups is 1. The number of likely N-dealkylation sites (N-methyl/N-ethyl adjacent to an activating group) is 1. The third-order valence-corrected chi connectivity index (χ3v) is 19.2. The molecule has 99 heavy (non-hydrogen) atoms. The van der Waals surface area contributed by atoms with E-state index >= 15 is 0 Å². The highest BCUT2D eigenvalue weighted by molar-refractivity contribution is 7.99. The minimum Gasteiger partial charge on any atom is -0.481 e. The van der Waals surface area contributed by atoms with Gasteiger partial charge in [-0.15, -0.1) is 0 Å². The van der Waals surface area contributed by atoms with Crippen LogP contribution in [-0.2, 0) is 81.2 Å². The Labute approximate surface area is 589 Å². The molecule has 2 aliphatic rings. The van der Waals surface area contributed by atoms with Crippen LogP contribution in [0.1, 0.15) is 87.5 Å². The van der Waals surface area contributed by atoms with Crippen molar-refractivity contribution in [1.82, 2.24) is 56.0 Å². The van der Waals surface area contributed by atoms with Crippen molar-refractivity contribution in [3.8, 4) is 0 Å². The third kappa shape index (κ3) is 33.7. The predicted molar refractivity (Wildman–Crippen MR) is 375 cm³/mol. The summed E-state index contributed by atoms with van der Waals surface area (Å²) < 4.78 is 0. The molecule has 2 aromatic carbocycles. The lowest BCUT2D eigenvalue weighted by molar-refractivity contribution is -0.143. The molecule has 4 rings (SSSR count). The number of carboxylic acids is 4. The summed E-state index contributed by atoms with van der Waals surface area (Å²) in [4.78, 5) is 180. The van der Waals surface area contributed by atoms with Gasteiger partial charge in [-0.05, 0) is 54.4 Å². The van der Waals surface area contributed by atoms with Gasteiger partial charge in [0.05, 0.1) is 45.1 Å². The molecule has 1 unspecified atom stereocenters. The van der Waals surface area contributed by atoms with Crippen LogP contribution in [0.3, 0.4) is 0 Å². The van der Waals surface area contributed by atoms with Gasteiger partial charge in [-0.3, -0.25) is 77.1 Å². The van der Waals surface area contributed by atoms with Crippen molar-refractivity contribution in [2.75, 3.05) is 129 Å². The molecule has 0 saturated carbocycles. The highest BCUT2D eigenvalue weighted by Crippen LogP contribution is 2.25. The molecule has 0 bridgehead atoms. The first-order valence-electron chi connectivity index (χ1n) is 33.0. The Morgan fingerprint density at radius 3 is 1.66 bits per heavy atom. The lowest BCUT2D eigenvalue weighted by atomic mass is 10.0. The number of nitrogens with zero attached hydrogens (tertiary/aromatic N) is 7. The fraction of sp³-hybridized carbons (Fsp3) is 0.600. The number of unbranched alkanes of at least 4 members (excludes halogenated alkanes) is 1. The van der Waals surface area contributed by atoms with Crippen LogP contribution in [0.4, 0.5) is 4.79 Å². The Morgan fingerprint density at radius 1 is 0.616 bits per heavy atom. The van der Waals surface area contributed by atoms with Gasteiger partial charge in [0.2, 0.25) is 47.3 Å². The van der Waals surface area contributed by atoms with E-state index in [4.69, 9.17) is 11.5 Å². The summed E-state index contributed by atoms with van der Waals surface area (Å²) in [5.41, 5.74) is 14.5. The Hall–Kier alpha value is -7.89. The number of likely N-dealkylation sites (tertiary alicyclic amines) is 1. The summed E-state index contributed by atoms with van der Waals surface area (Å²) in [6, 6.07) is 9.37. The summed E-state index contributed by atoms with van der Waals surface area (Å²) in [6.45, 7) is 5.08. The van der Waals surface area contributed by atoms with E-state index < -0.39 is 108 Å². The highest BCUT2D eigenvalue weighted by Gasteiger charge is 2.38. The van der Waals surface area contributed by atoms with Crippen LogP contribution in [0, 0.1) is 5.92 Å². The molecular formula is C65H98N14O17S3. The molecule has 2 aromatic rings. The molecular weight excluding hydrogens is 1340 g/mol. The van der Waals surface area contributed by atoms with E-state index in [0.717, 1.165) is 23.1 Å². The molecule has 2 saturated heterocycles. The molecule has 0 radical (unpaired) electrons. The molecule has 2 heterocycles. The van der Waals surface area contributed by atoms with Crippen molar-refractivity contribution in [2.24, 2.45) is 22.4 Å². The van der Waals surface area contributed by atoms with Gasteiger partial charge in [-0.2, -0.15) is 35.3 Å².